The predicted octanol–water partition coefficient (Wildman–Crippen LogP) is 3.77. The first-order valence-corrected chi connectivity index (χ1v) is 10.0. The number of hydrogen-bond donors (Lipinski definition) is 1. The lowest BCUT2D eigenvalue weighted by molar-refractivity contribution is 0.0311. The molecule has 28 heavy (non-hydrogen) atoms. The maximum Gasteiger partial charge on any atom is 0.138 e. The molecule has 2 unspecified atom stereocenters. The molecule has 0 aliphatic carbocycles. The van der Waals surface area contributed by atoms with E-state index in [1.165, 1.54) is 0 Å². The lowest BCUT2D eigenvalue weighted by atomic mass is 10.1. The molecule has 152 valence electrons. The summed E-state index contributed by atoms with van der Waals surface area (Å²) in [5.74, 6) is 1.43. The summed E-state index contributed by atoms with van der Waals surface area (Å²) in [4.78, 5) is 2.20. The number of nitrogens with zero attached hydrogens (tertiary/aromatic N) is 1. The van der Waals surface area contributed by atoms with E-state index in [0.717, 1.165) is 37.3 Å². The molecule has 1 fully saturated rings. The fourth-order valence-electron chi connectivity index (χ4n) is 3.45. The Morgan fingerprint density at radius 2 is 1.93 bits per heavy atom. The molecule has 0 saturated carbocycles. The molecule has 1 aliphatic rings. The first-order valence-electron chi connectivity index (χ1n) is 9.67. The number of para-hydroxylation sites is 2. The molecule has 2 aromatic rings. The SMILES string of the molecule is COc1ccccc1CN(CC(O)COc1ccccc1Cl)CC1CCCO1. The van der Waals surface area contributed by atoms with Gasteiger partial charge in [-0.15, -0.1) is 0 Å². The van der Waals surface area contributed by atoms with Gasteiger partial charge in [0.05, 0.1) is 18.2 Å². The Morgan fingerprint density at radius 3 is 2.64 bits per heavy atom. The van der Waals surface area contributed by atoms with Gasteiger partial charge in [-0.1, -0.05) is 41.9 Å². The van der Waals surface area contributed by atoms with Gasteiger partial charge in [-0.05, 0) is 31.0 Å². The van der Waals surface area contributed by atoms with E-state index in [2.05, 4.69) is 4.90 Å². The van der Waals surface area contributed by atoms with Gasteiger partial charge >= 0.3 is 0 Å². The zero-order valence-electron chi connectivity index (χ0n) is 16.2. The molecule has 0 aromatic heterocycles. The summed E-state index contributed by atoms with van der Waals surface area (Å²) in [5, 5.41) is 11.1. The molecular formula is C22H28ClNO4. The number of benzene rings is 2. The van der Waals surface area contributed by atoms with Crippen LogP contribution in [0.3, 0.4) is 0 Å². The van der Waals surface area contributed by atoms with Gasteiger partial charge in [0, 0.05) is 31.8 Å². The van der Waals surface area contributed by atoms with Crippen molar-refractivity contribution in [3.05, 3.63) is 59.1 Å². The standard InChI is InChI=1S/C22H28ClNO4/c1-26-21-10-4-2-7-17(21)13-24(15-19-8-6-12-27-19)14-18(25)16-28-22-11-5-3-9-20(22)23/h2-5,7,9-11,18-19,25H,6,8,12-16H2,1H3. The van der Waals surface area contributed by atoms with Gasteiger partial charge < -0.3 is 19.3 Å². The third-order valence-corrected chi connectivity index (χ3v) is 5.12. The van der Waals surface area contributed by atoms with E-state index in [-0.39, 0.29) is 12.7 Å². The maximum atomic E-state index is 10.6. The fourth-order valence-corrected chi connectivity index (χ4v) is 3.64. The topological polar surface area (TPSA) is 51.2 Å². The Balaban J connectivity index is 1.61. The molecule has 2 atom stereocenters. The number of methoxy groups -OCH3 is 1. The molecule has 0 spiro atoms. The van der Waals surface area contributed by atoms with E-state index in [1.54, 1.807) is 19.2 Å². The fraction of sp³-hybridized carbons (Fsp3) is 0.455. The van der Waals surface area contributed by atoms with Crippen molar-refractivity contribution < 1.29 is 19.3 Å². The highest BCUT2D eigenvalue weighted by Gasteiger charge is 2.22. The molecule has 0 radical (unpaired) electrons. The van der Waals surface area contributed by atoms with Gasteiger partial charge in [0.2, 0.25) is 0 Å². The molecule has 1 N–H and O–H groups in total. The minimum absolute atomic E-state index is 0.178. The van der Waals surface area contributed by atoms with Crippen molar-refractivity contribution in [2.75, 3.05) is 33.4 Å². The average molecular weight is 406 g/mol. The van der Waals surface area contributed by atoms with Crippen LogP contribution in [0, 0.1) is 0 Å². The van der Waals surface area contributed by atoms with E-state index in [9.17, 15) is 5.11 Å². The molecule has 1 heterocycles. The summed E-state index contributed by atoms with van der Waals surface area (Å²) >= 11 is 6.12. The highest BCUT2D eigenvalue weighted by Crippen LogP contribution is 2.24. The largest absolute Gasteiger partial charge is 0.496 e. The highest BCUT2D eigenvalue weighted by atomic mass is 35.5. The highest BCUT2D eigenvalue weighted by molar-refractivity contribution is 6.32. The van der Waals surface area contributed by atoms with Gasteiger partial charge in [0.1, 0.15) is 24.2 Å². The van der Waals surface area contributed by atoms with E-state index in [4.69, 9.17) is 25.8 Å². The molecule has 0 bridgehead atoms. The van der Waals surface area contributed by atoms with Gasteiger partial charge in [-0.3, -0.25) is 4.90 Å². The third kappa shape index (κ3) is 6.11. The summed E-state index contributed by atoms with van der Waals surface area (Å²) in [7, 11) is 1.68. The molecular weight excluding hydrogens is 378 g/mol. The smallest absolute Gasteiger partial charge is 0.138 e. The van der Waals surface area contributed by atoms with E-state index in [1.807, 2.05) is 36.4 Å². The van der Waals surface area contributed by atoms with E-state index in [0.29, 0.717) is 23.9 Å². The van der Waals surface area contributed by atoms with Crippen molar-refractivity contribution in [1.29, 1.82) is 0 Å². The van der Waals surface area contributed by atoms with Crippen LogP contribution in [0.15, 0.2) is 48.5 Å². The minimum atomic E-state index is -0.646. The molecule has 1 aliphatic heterocycles. The summed E-state index contributed by atoms with van der Waals surface area (Å²) in [6.45, 7) is 2.90. The van der Waals surface area contributed by atoms with Gasteiger partial charge in [-0.25, -0.2) is 0 Å². The minimum Gasteiger partial charge on any atom is -0.496 e. The van der Waals surface area contributed by atoms with Crippen LogP contribution in [0.2, 0.25) is 5.02 Å². The average Bonchev–Trinajstić information content (AvgIpc) is 3.21. The number of aliphatic hydroxyl groups is 1. The zero-order valence-corrected chi connectivity index (χ0v) is 17.0. The monoisotopic (exact) mass is 405 g/mol. The first kappa shape index (κ1) is 20.9. The van der Waals surface area contributed by atoms with Crippen molar-refractivity contribution in [2.24, 2.45) is 0 Å². The quantitative estimate of drug-likeness (QED) is 0.652. The molecule has 6 heteroatoms. The summed E-state index contributed by atoms with van der Waals surface area (Å²) in [6, 6.07) is 15.2. The predicted molar refractivity (Wildman–Crippen MR) is 110 cm³/mol. The van der Waals surface area contributed by atoms with Crippen molar-refractivity contribution in [3.63, 3.8) is 0 Å². The normalized spacial score (nSPS) is 17.6. The molecule has 2 aromatic carbocycles. The number of aliphatic hydroxyl groups excluding tert-OH is 1. The van der Waals surface area contributed by atoms with Gasteiger partial charge in [0.15, 0.2) is 0 Å². The lowest BCUT2D eigenvalue weighted by Gasteiger charge is -2.28. The Labute approximate surface area is 171 Å². The van der Waals surface area contributed by atoms with Crippen molar-refractivity contribution >= 4 is 11.6 Å². The van der Waals surface area contributed by atoms with Crippen LogP contribution >= 0.6 is 11.6 Å². The van der Waals surface area contributed by atoms with Crippen LogP contribution in [-0.2, 0) is 11.3 Å². The van der Waals surface area contributed by atoms with Crippen LogP contribution in [0.5, 0.6) is 11.5 Å². The van der Waals surface area contributed by atoms with E-state index >= 15 is 0 Å². The summed E-state index contributed by atoms with van der Waals surface area (Å²) in [5.41, 5.74) is 1.09. The second-order valence-electron chi connectivity index (χ2n) is 7.04. The first-order chi connectivity index (χ1) is 13.7. The zero-order chi connectivity index (χ0) is 19.8. The second-order valence-corrected chi connectivity index (χ2v) is 7.44. The maximum absolute atomic E-state index is 10.6. The van der Waals surface area contributed by atoms with Crippen LogP contribution in [0.1, 0.15) is 18.4 Å². The Hall–Kier alpha value is -1.79. The molecule has 5 nitrogen and oxygen atoms in total. The Bertz CT molecular complexity index is 736. The van der Waals surface area contributed by atoms with Crippen LogP contribution in [0.4, 0.5) is 0 Å². The summed E-state index contributed by atoms with van der Waals surface area (Å²) < 4.78 is 17.0. The summed E-state index contributed by atoms with van der Waals surface area (Å²) in [6.07, 6.45) is 1.69. The second kappa shape index (κ2) is 10.7. The molecule has 1 saturated heterocycles. The Kier molecular flexibility index (Phi) is 7.98. The number of hydrogen-bond acceptors (Lipinski definition) is 5. The third-order valence-electron chi connectivity index (χ3n) is 4.81. The van der Waals surface area contributed by atoms with Crippen LogP contribution < -0.4 is 9.47 Å². The number of halogens is 1. The number of rotatable bonds is 10. The number of ether oxygens (including phenoxy) is 3. The van der Waals surface area contributed by atoms with Gasteiger partial charge in [0.25, 0.3) is 0 Å². The van der Waals surface area contributed by atoms with Crippen LogP contribution in [0.25, 0.3) is 0 Å². The lowest BCUT2D eigenvalue weighted by Crippen LogP contribution is -2.39. The molecule has 0 amide bonds. The van der Waals surface area contributed by atoms with Gasteiger partial charge in [-0.2, -0.15) is 0 Å². The van der Waals surface area contributed by atoms with Crippen molar-refractivity contribution in [2.45, 2.75) is 31.6 Å². The van der Waals surface area contributed by atoms with E-state index < -0.39 is 6.10 Å². The molecule has 3 rings (SSSR count). The van der Waals surface area contributed by atoms with Crippen LogP contribution in [-0.4, -0.2) is 55.6 Å². The van der Waals surface area contributed by atoms with Crippen molar-refractivity contribution in [3.8, 4) is 11.5 Å². The van der Waals surface area contributed by atoms with Crippen molar-refractivity contribution in [1.82, 2.24) is 4.90 Å². The Morgan fingerprint density at radius 1 is 1.18 bits per heavy atom.